The Kier molecular flexibility index (Phi) is 3.62. The van der Waals surface area contributed by atoms with Gasteiger partial charge >= 0.3 is 0 Å². The highest BCUT2D eigenvalue weighted by atomic mass is 32.2. The van der Waals surface area contributed by atoms with E-state index in [1.165, 1.54) is 29.1 Å². The second kappa shape index (κ2) is 5.76. The highest BCUT2D eigenvalue weighted by Crippen LogP contribution is 2.30. The second-order valence-electron chi connectivity index (χ2n) is 5.99. The van der Waals surface area contributed by atoms with Gasteiger partial charge in [-0.15, -0.1) is 0 Å². The van der Waals surface area contributed by atoms with E-state index in [0.717, 1.165) is 29.5 Å². The van der Waals surface area contributed by atoms with E-state index in [1.54, 1.807) is 0 Å². The third kappa shape index (κ3) is 2.52. The zero-order valence-electron chi connectivity index (χ0n) is 12.7. The summed E-state index contributed by atoms with van der Waals surface area (Å²) in [4.78, 5) is 9.45. The van der Waals surface area contributed by atoms with Crippen LogP contribution in [0.15, 0.2) is 42.6 Å². The summed E-state index contributed by atoms with van der Waals surface area (Å²) < 4.78 is 2.32. The summed E-state index contributed by atoms with van der Waals surface area (Å²) in [6.07, 6.45) is 3.16. The molecule has 0 radical (unpaired) electrons. The van der Waals surface area contributed by atoms with Crippen molar-refractivity contribution in [1.82, 2.24) is 14.5 Å². The molecular weight excluding hydrogens is 290 g/mol. The number of pyridine rings is 1. The van der Waals surface area contributed by atoms with Crippen LogP contribution in [0.25, 0.3) is 22.6 Å². The molecule has 1 unspecified atom stereocenters. The number of rotatable bonds is 3. The number of benzene rings is 1. The molecule has 112 valence electrons. The van der Waals surface area contributed by atoms with E-state index < -0.39 is 0 Å². The van der Waals surface area contributed by atoms with Gasteiger partial charge in [0, 0.05) is 18.3 Å². The highest BCUT2D eigenvalue weighted by molar-refractivity contribution is 7.99. The fourth-order valence-electron chi connectivity index (χ4n) is 3.12. The number of fused-ring (bicyclic) bond motifs is 1. The molecule has 0 spiro atoms. The van der Waals surface area contributed by atoms with Crippen molar-refractivity contribution in [2.75, 3.05) is 11.5 Å². The fourth-order valence-corrected chi connectivity index (χ4v) is 4.39. The molecule has 4 heteroatoms. The van der Waals surface area contributed by atoms with Crippen LogP contribution in [0, 0.1) is 12.8 Å². The smallest absolute Gasteiger partial charge is 0.160 e. The normalized spacial score (nSPS) is 18.1. The molecule has 1 saturated heterocycles. The average molecular weight is 309 g/mol. The van der Waals surface area contributed by atoms with Crippen LogP contribution in [0.3, 0.4) is 0 Å². The first-order valence-corrected chi connectivity index (χ1v) is 8.93. The van der Waals surface area contributed by atoms with Crippen LogP contribution >= 0.6 is 11.8 Å². The molecule has 0 saturated carbocycles. The SMILES string of the molecule is Cc1cccc(-c2nc3cccnc3n2CC2CCSC2)c1. The molecule has 1 aliphatic rings. The minimum absolute atomic E-state index is 0.730. The number of aryl methyl sites for hydroxylation is 1. The van der Waals surface area contributed by atoms with Gasteiger partial charge in [0.05, 0.1) is 0 Å². The van der Waals surface area contributed by atoms with E-state index in [9.17, 15) is 0 Å². The van der Waals surface area contributed by atoms with Crippen LogP contribution in [0.2, 0.25) is 0 Å². The second-order valence-corrected chi connectivity index (χ2v) is 7.14. The first kappa shape index (κ1) is 13.8. The van der Waals surface area contributed by atoms with Crippen molar-refractivity contribution in [1.29, 1.82) is 0 Å². The topological polar surface area (TPSA) is 30.7 Å². The zero-order chi connectivity index (χ0) is 14.9. The third-order valence-electron chi connectivity index (χ3n) is 4.24. The molecule has 0 bridgehead atoms. The van der Waals surface area contributed by atoms with Gasteiger partial charge in [-0.1, -0.05) is 23.8 Å². The summed E-state index contributed by atoms with van der Waals surface area (Å²) in [5.41, 5.74) is 4.45. The molecule has 1 atom stereocenters. The van der Waals surface area contributed by atoms with Gasteiger partial charge in [-0.3, -0.25) is 0 Å². The summed E-state index contributed by atoms with van der Waals surface area (Å²) >= 11 is 2.06. The van der Waals surface area contributed by atoms with Crippen molar-refractivity contribution >= 4 is 22.9 Å². The molecule has 22 heavy (non-hydrogen) atoms. The van der Waals surface area contributed by atoms with Crippen molar-refractivity contribution in [3.05, 3.63) is 48.2 Å². The first-order valence-electron chi connectivity index (χ1n) is 7.77. The van der Waals surface area contributed by atoms with Crippen molar-refractivity contribution < 1.29 is 0 Å². The minimum atomic E-state index is 0.730. The molecule has 1 aliphatic heterocycles. The summed E-state index contributed by atoms with van der Waals surface area (Å²) in [6, 6.07) is 12.6. The lowest BCUT2D eigenvalue weighted by Gasteiger charge is -2.13. The average Bonchev–Trinajstić information content (AvgIpc) is 3.16. The fraction of sp³-hybridized carbons (Fsp3) is 0.333. The van der Waals surface area contributed by atoms with E-state index in [4.69, 9.17) is 4.98 Å². The van der Waals surface area contributed by atoms with E-state index in [0.29, 0.717) is 0 Å². The van der Waals surface area contributed by atoms with Crippen LogP contribution < -0.4 is 0 Å². The van der Waals surface area contributed by atoms with Gasteiger partial charge < -0.3 is 4.57 Å². The predicted molar refractivity (Wildman–Crippen MR) is 93.1 cm³/mol. The van der Waals surface area contributed by atoms with E-state index in [2.05, 4.69) is 58.6 Å². The molecule has 1 aromatic carbocycles. The Balaban J connectivity index is 1.85. The highest BCUT2D eigenvalue weighted by Gasteiger charge is 2.20. The van der Waals surface area contributed by atoms with Gasteiger partial charge in [-0.2, -0.15) is 11.8 Å². The van der Waals surface area contributed by atoms with Crippen LogP contribution in [0.5, 0.6) is 0 Å². The first-order chi connectivity index (χ1) is 10.8. The summed E-state index contributed by atoms with van der Waals surface area (Å²) in [6.45, 7) is 3.14. The van der Waals surface area contributed by atoms with E-state index in [1.807, 2.05) is 12.3 Å². The third-order valence-corrected chi connectivity index (χ3v) is 5.48. The number of aromatic nitrogens is 3. The summed E-state index contributed by atoms with van der Waals surface area (Å²) in [5.74, 6) is 4.31. The van der Waals surface area contributed by atoms with Gasteiger partial charge in [0.1, 0.15) is 11.3 Å². The Hall–Kier alpha value is -1.81. The molecule has 3 nitrogen and oxygen atoms in total. The van der Waals surface area contributed by atoms with E-state index in [-0.39, 0.29) is 0 Å². The molecule has 1 fully saturated rings. The molecule has 3 heterocycles. The van der Waals surface area contributed by atoms with Gasteiger partial charge in [0.2, 0.25) is 0 Å². The molecule has 3 aromatic rings. The zero-order valence-corrected chi connectivity index (χ0v) is 13.5. The standard InChI is InChI=1S/C18H19N3S/c1-13-4-2-5-15(10-13)17-20-16-6-3-8-19-18(16)21(17)11-14-7-9-22-12-14/h2-6,8,10,14H,7,9,11-12H2,1H3. The Bertz CT molecular complexity index is 803. The summed E-state index contributed by atoms with van der Waals surface area (Å²) in [7, 11) is 0. The Morgan fingerprint density at radius 2 is 2.23 bits per heavy atom. The van der Waals surface area contributed by atoms with Crippen molar-refractivity contribution in [3.8, 4) is 11.4 Å². The number of hydrogen-bond acceptors (Lipinski definition) is 3. The Morgan fingerprint density at radius 1 is 1.27 bits per heavy atom. The van der Waals surface area contributed by atoms with Crippen LogP contribution in [0.4, 0.5) is 0 Å². The monoisotopic (exact) mass is 309 g/mol. The number of nitrogens with zero attached hydrogens (tertiary/aromatic N) is 3. The quantitative estimate of drug-likeness (QED) is 0.728. The maximum Gasteiger partial charge on any atom is 0.160 e. The lowest BCUT2D eigenvalue weighted by molar-refractivity contribution is 0.502. The Morgan fingerprint density at radius 3 is 3.05 bits per heavy atom. The van der Waals surface area contributed by atoms with Crippen LogP contribution in [-0.4, -0.2) is 26.0 Å². The summed E-state index contributed by atoms with van der Waals surface area (Å²) in [5, 5.41) is 0. The molecule has 0 amide bonds. The largest absolute Gasteiger partial charge is 0.308 e. The van der Waals surface area contributed by atoms with Gasteiger partial charge in [0.15, 0.2) is 5.65 Å². The molecule has 4 rings (SSSR count). The lowest BCUT2D eigenvalue weighted by Crippen LogP contribution is -2.11. The van der Waals surface area contributed by atoms with Crippen LogP contribution in [-0.2, 0) is 6.54 Å². The predicted octanol–water partition coefficient (Wildman–Crippen LogP) is 4.16. The maximum atomic E-state index is 4.86. The molecule has 2 aromatic heterocycles. The lowest BCUT2D eigenvalue weighted by atomic mass is 10.1. The Labute approximate surface area is 134 Å². The van der Waals surface area contributed by atoms with Gasteiger partial charge in [-0.25, -0.2) is 9.97 Å². The van der Waals surface area contributed by atoms with Crippen molar-refractivity contribution in [3.63, 3.8) is 0 Å². The molecule has 0 aliphatic carbocycles. The van der Waals surface area contributed by atoms with Gasteiger partial charge in [0.25, 0.3) is 0 Å². The van der Waals surface area contributed by atoms with E-state index >= 15 is 0 Å². The number of hydrogen-bond donors (Lipinski definition) is 0. The van der Waals surface area contributed by atoms with Crippen molar-refractivity contribution in [2.24, 2.45) is 5.92 Å². The molecule has 0 N–H and O–H groups in total. The van der Waals surface area contributed by atoms with Gasteiger partial charge in [-0.05, 0) is 49.0 Å². The van der Waals surface area contributed by atoms with Crippen molar-refractivity contribution in [2.45, 2.75) is 19.9 Å². The number of thioether (sulfide) groups is 1. The minimum Gasteiger partial charge on any atom is -0.308 e. The van der Waals surface area contributed by atoms with Crippen LogP contribution in [0.1, 0.15) is 12.0 Å². The number of imidazole rings is 1. The molecular formula is C18H19N3S. The maximum absolute atomic E-state index is 4.86.